The Kier molecular flexibility index (Phi) is 7.37. The summed E-state index contributed by atoms with van der Waals surface area (Å²) in [5.41, 5.74) is 5.89. The molecule has 4 aliphatic rings. The minimum absolute atomic E-state index is 0.0272. The minimum atomic E-state index is -4.31. The van der Waals surface area contributed by atoms with Crippen molar-refractivity contribution in [2.75, 3.05) is 26.2 Å². The molecule has 3 aliphatic heterocycles. The number of amides is 1. The highest BCUT2D eigenvalue weighted by Gasteiger charge is 2.48. The summed E-state index contributed by atoms with van der Waals surface area (Å²) in [5, 5.41) is 8.09. The number of hydroxylamine groups is 1. The number of hydrogen-bond donors (Lipinski definition) is 4. The van der Waals surface area contributed by atoms with Gasteiger partial charge in [0.15, 0.2) is 0 Å². The fraction of sp³-hybridized carbons (Fsp3) is 0.950. The maximum atomic E-state index is 13.8. The maximum Gasteiger partial charge on any atom is 0.392 e. The molecule has 7 nitrogen and oxygen atoms in total. The summed E-state index contributed by atoms with van der Waals surface area (Å²) >= 11 is 0. The van der Waals surface area contributed by atoms with E-state index >= 15 is 0 Å². The van der Waals surface area contributed by atoms with Crippen molar-refractivity contribution in [3.8, 4) is 0 Å². The van der Waals surface area contributed by atoms with Crippen LogP contribution < -0.4 is 21.5 Å². The highest BCUT2D eigenvalue weighted by molar-refractivity contribution is 5.82. The summed E-state index contributed by atoms with van der Waals surface area (Å²) in [5.74, 6) is -2.42. The second-order valence-corrected chi connectivity index (χ2v) is 9.41. The summed E-state index contributed by atoms with van der Waals surface area (Å²) in [6.45, 7) is 1.92. The van der Waals surface area contributed by atoms with Gasteiger partial charge >= 0.3 is 6.18 Å². The van der Waals surface area contributed by atoms with E-state index in [2.05, 4.69) is 21.5 Å². The van der Waals surface area contributed by atoms with Gasteiger partial charge in [-0.1, -0.05) is 6.42 Å². The van der Waals surface area contributed by atoms with Crippen LogP contribution in [-0.2, 0) is 9.63 Å². The Morgan fingerprint density at radius 1 is 1.16 bits per heavy atom. The molecule has 0 radical (unpaired) electrons. The van der Waals surface area contributed by atoms with Gasteiger partial charge < -0.3 is 10.6 Å². The lowest BCUT2D eigenvalue weighted by molar-refractivity contribution is -0.201. The van der Waals surface area contributed by atoms with E-state index in [4.69, 9.17) is 4.84 Å². The molecule has 11 heteroatoms. The largest absolute Gasteiger partial charge is 0.392 e. The van der Waals surface area contributed by atoms with Crippen molar-refractivity contribution in [2.45, 2.75) is 81.5 Å². The quantitative estimate of drug-likeness (QED) is 0.474. The van der Waals surface area contributed by atoms with Gasteiger partial charge in [0.25, 0.3) is 0 Å². The zero-order chi connectivity index (χ0) is 22.0. The Hall–Kier alpha value is -1.01. The molecule has 31 heavy (non-hydrogen) atoms. The number of alkyl halides is 4. The number of hydrogen-bond acceptors (Lipinski definition) is 6. The number of hydrazine groups is 1. The predicted molar refractivity (Wildman–Crippen MR) is 105 cm³/mol. The molecule has 4 fully saturated rings. The number of carbonyl (C=O) groups is 1. The highest BCUT2D eigenvalue weighted by Crippen LogP contribution is 2.42. The Morgan fingerprint density at radius 3 is 2.74 bits per heavy atom. The van der Waals surface area contributed by atoms with Crippen LogP contribution >= 0.6 is 0 Å². The standard InChI is InChI=1S/C20H33F4N5O2/c21-13-4-5-15(20(22,23)24)12(7-13)10-29-11-14(9-26-29)27-19(30)17-8-18(31-28-17)16-3-1-2-6-25-16/h12-18,25-26,28H,1-11H2,(H,27,30). The van der Waals surface area contributed by atoms with E-state index in [-0.39, 0.29) is 49.9 Å². The van der Waals surface area contributed by atoms with Gasteiger partial charge in [-0.2, -0.15) is 18.7 Å². The third-order valence-electron chi connectivity index (χ3n) is 7.09. The molecule has 0 aromatic rings. The van der Waals surface area contributed by atoms with E-state index in [1.54, 1.807) is 5.01 Å². The summed E-state index contributed by atoms with van der Waals surface area (Å²) in [7, 11) is 0. The lowest BCUT2D eigenvalue weighted by atomic mass is 9.77. The second kappa shape index (κ2) is 9.86. The Balaban J connectivity index is 1.23. The fourth-order valence-electron chi connectivity index (χ4n) is 5.40. The van der Waals surface area contributed by atoms with Crippen LogP contribution in [0.4, 0.5) is 17.6 Å². The smallest absolute Gasteiger partial charge is 0.349 e. The highest BCUT2D eigenvalue weighted by atomic mass is 19.4. The zero-order valence-electron chi connectivity index (χ0n) is 17.6. The van der Waals surface area contributed by atoms with E-state index in [1.165, 1.54) is 0 Å². The maximum absolute atomic E-state index is 13.8. The molecular weight excluding hydrogens is 418 g/mol. The number of carbonyl (C=O) groups excluding carboxylic acids is 1. The summed E-state index contributed by atoms with van der Waals surface area (Å²) in [4.78, 5) is 18.3. The molecule has 3 saturated heterocycles. The van der Waals surface area contributed by atoms with Gasteiger partial charge in [0.05, 0.1) is 18.1 Å². The lowest BCUT2D eigenvalue weighted by Crippen LogP contribution is -2.47. The summed E-state index contributed by atoms with van der Waals surface area (Å²) in [6, 6.07) is -0.405. The van der Waals surface area contributed by atoms with Gasteiger partial charge in [0, 0.05) is 32.1 Å². The van der Waals surface area contributed by atoms with Crippen LogP contribution in [0, 0.1) is 11.8 Å². The van der Waals surface area contributed by atoms with Crippen molar-refractivity contribution in [3.63, 3.8) is 0 Å². The summed E-state index contributed by atoms with van der Waals surface area (Å²) < 4.78 is 53.8. The number of halogens is 4. The van der Waals surface area contributed by atoms with Gasteiger partial charge in [-0.3, -0.25) is 15.1 Å². The molecule has 1 aliphatic carbocycles. The van der Waals surface area contributed by atoms with Crippen LogP contribution in [0.3, 0.4) is 0 Å². The first-order chi connectivity index (χ1) is 14.8. The molecule has 178 valence electrons. The second-order valence-electron chi connectivity index (χ2n) is 9.41. The Morgan fingerprint density at radius 2 is 2.00 bits per heavy atom. The van der Waals surface area contributed by atoms with Crippen LogP contribution in [0.5, 0.6) is 0 Å². The molecule has 3 heterocycles. The number of piperidine rings is 1. The number of rotatable bonds is 5. The SMILES string of the molecule is O=C(NC1CNN(CC2CC(F)CCC2C(F)(F)F)C1)C1CC(C2CCCCN2)ON1. The van der Waals surface area contributed by atoms with E-state index in [9.17, 15) is 22.4 Å². The first-order valence-electron chi connectivity index (χ1n) is 11.4. The zero-order valence-corrected chi connectivity index (χ0v) is 17.6. The minimum Gasteiger partial charge on any atom is -0.349 e. The van der Waals surface area contributed by atoms with Gasteiger partial charge in [0.1, 0.15) is 12.2 Å². The van der Waals surface area contributed by atoms with E-state index < -0.39 is 30.2 Å². The molecule has 1 amide bonds. The van der Waals surface area contributed by atoms with Gasteiger partial charge in [-0.15, -0.1) is 0 Å². The third-order valence-corrected chi connectivity index (χ3v) is 7.09. The van der Waals surface area contributed by atoms with Crippen molar-refractivity contribution in [2.24, 2.45) is 11.8 Å². The molecule has 0 aromatic heterocycles. The fourth-order valence-corrected chi connectivity index (χ4v) is 5.40. The monoisotopic (exact) mass is 451 g/mol. The molecular formula is C20H33F4N5O2. The van der Waals surface area contributed by atoms with Crippen molar-refractivity contribution in [1.29, 1.82) is 0 Å². The predicted octanol–water partition coefficient (Wildman–Crippen LogP) is 1.41. The summed E-state index contributed by atoms with van der Waals surface area (Å²) in [6.07, 6.45) is -1.87. The Bertz CT molecular complexity index is 619. The average Bonchev–Trinajstić information content (AvgIpc) is 3.38. The molecule has 0 bridgehead atoms. The molecule has 7 unspecified atom stereocenters. The first-order valence-corrected chi connectivity index (χ1v) is 11.4. The Labute approximate surface area is 179 Å². The van der Waals surface area contributed by atoms with Crippen LogP contribution in [0.15, 0.2) is 0 Å². The van der Waals surface area contributed by atoms with Crippen molar-refractivity contribution in [3.05, 3.63) is 0 Å². The first kappa shape index (κ1) is 23.2. The third kappa shape index (κ3) is 5.87. The molecule has 7 atom stereocenters. The van der Waals surface area contributed by atoms with Crippen LogP contribution in [0.2, 0.25) is 0 Å². The van der Waals surface area contributed by atoms with Crippen molar-refractivity contribution in [1.82, 2.24) is 26.5 Å². The van der Waals surface area contributed by atoms with E-state index in [0.29, 0.717) is 19.5 Å². The van der Waals surface area contributed by atoms with E-state index in [0.717, 1.165) is 25.8 Å². The lowest BCUT2D eigenvalue weighted by Gasteiger charge is -2.36. The van der Waals surface area contributed by atoms with E-state index in [1.807, 2.05) is 0 Å². The molecule has 1 saturated carbocycles. The van der Waals surface area contributed by atoms with Crippen molar-refractivity contribution < 1.29 is 27.2 Å². The van der Waals surface area contributed by atoms with Gasteiger partial charge in [-0.25, -0.2) is 9.40 Å². The van der Waals surface area contributed by atoms with Crippen LogP contribution in [-0.4, -0.2) is 73.7 Å². The van der Waals surface area contributed by atoms with Crippen molar-refractivity contribution >= 4 is 5.91 Å². The van der Waals surface area contributed by atoms with Gasteiger partial charge in [-0.05, 0) is 44.6 Å². The van der Waals surface area contributed by atoms with Crippen LogP contribution in [0.25, 0.3) is 0 Å². The van der Waals surface area contributed by atoms with Gasteiger partial charge in [0.2, 0.25) is 5.91 Å². The number of nitrogens with one attached hydrogen (secondary N) is 4. The molecule has 0 aromatic carbocycles. The normalized spacial score (nSPS) is 40.2. The molecule has 4 N–H and O–H groups in total. The number of nitrogens with zero attached hydrogens (tertiary/aromatic N) is 1. The molecule has 0 spiro atoms. The van der Waals surface area contributed by atoms with Crippen LogP contribution in [0.1, 0.15) is 44.9 Å². The molecule has 4 rings (SSSR count). The average molecular weight is 452 g/mol. The topological polar surface area (TPSA) is 77.7 Å².